The van der Waals surface area contributed by atoms with Crippen LogP contribution in [0.15, 0.2) is 0 Å². The highest BCUT2D eigenvalue weighted by atomic mass is 16.6. The Bertz CT molecular complexity index is 874. The van der Waals surface area contributed by atoms with Gasteiger partial charge in [0.1, 0.15) is 11.2 Å². The molecule has 0 saturated heterocycles. The SMILES string of the molecule is CCC1CCC(NC(=O)OC(C)(C)C)CC1.[C-]#[N+]CC1CCC(N)CC1.[C-]#[N+]CC1CCC(NC(=O)OC(C)(C)C)CC1. The lowest BCUT2D eigenvalue weighted by Crippen LogP contribution is -2.41. The van der Waals surface area contributed by atoms with E-state index in [1.165, 1.54) is 32.1 Å². The van der Waals surface area contributed by atoms with Crippen molar-refractivity contribution in [2.75, 3.05) is 13.1 Å². The summed E-state index contributed by atoms with van der Waals surface area (Å²) in [6, 6.07) is 0.950. The highest BCUT2D eigenvalue weighted by molar-refractivity contribution is 5.68. The van der Waals surface area contributed by atoms with E-state index < -0.39 is 11.2 Å². The number of alkyl carbamates (subject to hydrolysis) is 2. The van der Waals surface area contributed by atoms with Gasteiger partial charge in [0.25, 0.3) is 0 Å². The van der Waals surface area contributed by atoms with Crippen LogP contribution in [-0.2, 0) is 9.47 Å². The molecule has 2 amide bonds. The Morgan fingerprint density at radius 2 is 0.977 bits per heavy atom. The van der Waals surface area contributed by atoms with Crippen molar-refractivity contribution >= 4 is 12.2 Å². The van der Waals surface area contributed by atoms with E-state index in [9.17, 15) is 9.59 Å². The molecule has 0 spiro atoms. The third-order valence-electron chi connectivity index (χ3n) is 8.30. The van der Waals surface area contributed by atoms with Gasteiger partial charge < -0.3 is 35.5 Å². The molecule has 9 nitrogen and oxygen atoms in total. The Balaban J connectivity index is 0.000000333. The van der Waals surface area contributed by atoms with Crippen LogP contribution in [0.2, 0.25) is 0 Å². The maximum atomic E-state index is 11.6. The number of hydrogen-bond acceptors (Lipinski definition) is 5. The van der Waals surface area contributed by atoms with E-state index in [0.717, 1.165) is 57.3 Å². The van der Waals surface area contributed by atoms with Crippen LogP contribution in [0.3, 0.4) is 0 Å². The average molecular weight is 604 g/mol. The predicted molar refractivity (Wildman–Crippen MR) is 173 cm³/mol. The van der Waals surface area contributed by atoms with Crippen molar-refractivity contribution in [1.29, 1.82) is 0 Å². The van der Waals surface area contributed by atoms with Crippen molar-refractivity contribution < 1.29 is 19.1 Å². The summed E-state index contributed by atoms with van der Waals surface area (Å²) in [4.78, 5) is 29.9. The fraction of sp³-hybridized carbons (Fsp3) is 0.882. The minimum absolute atomic E-state index is 0.215. The minimum atomic E-state index is -0.439. The quantitative estimate of drug-likeness (QED) is 0.277. The lowest BCUT2D eigenvalue weighted by atomic mass is 9.85. The predicted octanol–water partition coefficient (Wildman–Crippen LogP) is 7.89. The van der Waals surface area contributed by atoms with E-state index in [4.69, 9.17) is 28.4 Å². The standard InChI is InChI=1S/C13H22N2O2.C13H25NO2.C8H14N2/c1-13(2,3)17-12(16)15-11-7-5-10(6-8-11)9-14-4;1-5-10-6-8-11(9-7-10)14-12(15)16-13(2,3)4;1-10-6-7-2-4-8(9)5-3-7/h10-11H,5-9H2,1-3H3,(H,15,16);10-11H,5-9H2,1-4H3,(H,14,15);7-8H,2-6,9H2. The summed E-state index contributed by atoms with van der Waals surface area (Å²) in [6.07, 6.45) is 13.9. The lowest BCUT2D eigenvalue weighted by Gasteiger charge is -2.29. The van der Waals surface area contributed by atoms with Crippen LogP contribution in [0, 0.1) is 30.9 Å². The molecule has 0 unspecified atom stereocenters. The van der Waals surface area contributed by atoms with E-state index in [1.54, 1.807) is 0 Å². The summed E-state index contributed by atoms with van der Waals surface area (Å²) in [6.45, 7) is 28.3. The zero-order chi connectivity index (χ0) is 32.5. The second-order valence-corrected chi connectivity index (χ2v) is 14.6. The number of carbonyl (C=O) groups is 2. The Hall–Kier alpha value is -2.52. The van der Waals surface area contributed by atoms with Crippen LogP contribution in [0.25, 0.3) is 9.69 Å². The topological polar surface area (TPSA) is 111 Å². The Morgan fingerprint density at radius 3 is 1.28 bits per heavy atom. The summed E-state index contributed by atoms with van der Waals surface area (Å²) in [5.74, 6) is 2.03. The van der Waals surface area contributed by atoms with Crippen molar-refractivity contribution in [2.24, 2.45) is 23.5 Å². The number of carbonyl (C=O) groups excluding carboxylic acids is 2. The zero-order valence-corrected chi connectivity index (χ0v) is 28.2. The first-order chi connectivity index (χ1) is 20.1. The molecule has 0 aromatic heterocycles. The molecule has 0 aliphatic heterocycles. The van der Waals surface area contributed by atoms with Crippen molar-refractivity contribution in [3.8, 4) is 0 Å². The van der Waals surface area contributed by atoms with Gasteiger partial charge in [-0.3, -0.25) is 0 Å². The van der Waals surface area contributed by atoms with E-state index in [-0.39, 0.29) is 18.2 Å². The molecule has 3 saturated carbocycles. The van der Waals surface area contributed by atoms with Crippen LogP contribution in [0.4, 0.5) is 9.59 Å². The first kappa shape index (κ1) is 38.5. The summed E-state index contributed by atoms with van der Waals surface area (Å²) in [5, 5.41) is 5.86. The van der Waals surface area contributed by atoms with Crippen LogP contribution in [0.5, 0.6) is 0 Å². The fourth-order valence-electron chi connectivity index (χ4n) is 5.78. The van der Waals surface area contributed by atoms with Gasteiger partial charge in [-0.05, 0) is 125 Å². The number of nitrogens with one attached hydrogen (secondary N) is 2. The Kier molecular flexibility index (Phi) is 17.6. The third kappa shape index (κ3) is 19.4. The van der Waals surface area contributed by atoms with Crippen LogP contribution in [0.1, 0.15) is 132 Å². The van der Waals surface area contributed by atoms with Gasteiger partial charge in [0.15, 0.2) is 0 Å². The normalized spacial score (nSPS) is 27.3. The summed E-state index contributed by atoms with van der Waals surface area (Å²) in [7, 11) is 0. The minimum Gasteiger partial charge on any atom is -0.444 e. The monoisotopic (exact) mass is 603 g/mol. The van der Waals surface area contributed by atoms with Gasteiger partial charge in [-0.15, -0.1) is 0 Å². The van der Waals surface area contributed by atoms with Gasteiger partial charge >= 0.3 is 12.2 Å². The molecule has 0 radical (unpaired) electrons. The molecule has 246 valence electrons. The van der Waals surface area contributed by atoms with E-state index in [2.05, 4.69) is 27.2 Å². The summed E-state index contributed by atoms with van der Waals surface area (Å²) >= 11 is 0. The molecular formula is C34H61N5O4. The largest absolute Gasteiger partial charge is 0.444 e. The molecular weight excluding hydrogens is 542 g/mol. The molecule has 9 heteroatoms. The van der Waals surface area contributed by atoms with Crippen molar-refractivity contribution in [3.63, 3.8) is 0 Å². The lowest BCUT2D eigenvalue weighted by molar-refractivity contribution is 0.0476. The molecule has 0 heterocycles. The second-order valence-electron chi connectivity index (χ2n) is 14.6. The molecule has 3 aliphatic rings. The number of rotatable bonds is 5. The van der Waals surface area contributed by atoms with Gasteiger partial charge in [-0.25, -0.2) is 22.7 Å². The van der Waals surface area contributed by atoms with Crippen molar-refractivity contribution in [2.45, 2.75) is 161 Å². The van der Waals surface area contributed by atoms with E-state index in [0.29, 0.717) is 37.0 Å². The first-order valence-corrected chi connectivity index (χ1v) is 16.5. The van der Waals surface area contributed by atoms with E-state index in [1.807, 2.05) is 41.5 Å². The molecule has 43 heavy (non-hydrogen) atoms. The molecule has 0 atom stereocenters. The van der Waals surface area contributed by atoms with Crippen LogP contribution in [-0.4, -0.2) is 54.6 Å². The summed E-state index contributed by atoms with van der Waals surface area (Å²) < 4.78 is 10.5. The highest BCUT2D eigenvalue weighted by Gasteiger charge is 2.26. The molecule has 0 aromatic carbocycles. The van der Waals surface area contributed by atoms with E-state index >= 15 is 0 Å². The maximum absolute atomic E-state index is 11.6. The smallest absolute Gasteiger partial charge is 0.407 e. The molecule has 0 aromatic rings. The van der Waals surface area contributed by atoms with Crippen LogP contribution >= 0.6 is 0 Å². The van der Waals surface area contributed by atoms with Crippen molar-refractivity contribution in [1.82, 2.24) is 10.6 Å². The van der Waals surface area contributed by atoms with Gasteiger partial charge in [0.2, 0.25) is 13.1 Å². The average Bonchev–Trinajstić information content (AvgIpc) is 2.90. The molecule has 4 N–H and O–H groups in total. The molecule has 0 bridgehead atoms. The molecule has 3 aliphatic carbocycles. The molecule has 3 rings (SSSR count). The number of nitrogens with two attached hydrogens (primary N) is 1. The third-order valence-corrected chi connectivity index (χ3v) is 8.30. The molecule has 3 fully saturated rings. The van der Waals surface area contributed by atoms with Gasteiger partial charge in [-0.2, -0.15) is 0 Å². The van der Waals surface area contributed by atoms with Gasteiger partial charge in [0.05, 0.1) is 0 Å². The summed E-state index contributed by atoms with van der Waals surface area (Å²) in [5.41, 5.74) is 4.88. The number of ether oxygens (including phenoxy) is 2. The first-order valence-electron chi connectivity index (χ1n) is 16.5. The van der Waals surface area contributed by atoms with Gasteiger partial charge in [-0.1, -0.05) is 13.3 Å². The Labute approximate surface area is 262 Å². The second kappa shape index (κ2) is 19.7. The Morgan fingerprint density at radius 1 is 0.651 bits per heavy atom. The zero-order valence-electron chi connectivity index (χ0n) is 28.2. The highest BCUT2D eigenvalue weighted by Crippen LogP contribution is 2.27. The van der Waals surface area contributed by atoms with Crippen LogP contribution < -0.4 is 16.4 Å². The van der Waals surface area contributed by atoms with Crippen molar-refractivity contribution in [3.05, 3.63) is 22.8 Å². The number of hydrogen-bond donors (Lipinski definition) is 3. The number of nitrogens with zero attached hydrogens (tertiary/aromatic N) is 2. The van der Waals surface area contributed by atoms with Gasteiger partial charge in [0, 0.05) is 30.0 Å². The number of amides is 2. The fourth-order valence-corrected chi connectivity index (χ4v) is 5.78. The maximum Gasteiger partial charge on any atom is 0.407 e.